The second-order valence-corrected chi connectivity index (χ2v) is 5.41. The Morgan fingerprint density at radius 3 is 2.62 bits per heavy atom. The van der Waals surface area contributed by atoms with E-state index in [1.807, 2.05) is 31.2 Å². The van der Waals surface area contributed by atoms with Gasteiger partial charge in [-0.2, -0.15) is 0 Å². The van der Waals surface area contributed by atoms with Crippen LogP contribution in [0.5, 0.6) is 11.5 Å². The molecule has 1 aliphatic rings. The van der Waals surface area contributed by atoms with Crippen LogP contribution in [0.2, 0.25) is 0 Å². The van der Waals surface area contributed by atoms with Crippen molar-refractivity contribution in [2.75, 3.05) is 13.4 Å². The summed E-state index contributed by atoms with van der Waals surface area (Å²) in [7, 11) is 0. The molecule has 3 rings (SSSR count). The van der Waals surface area contributed by atoms with Crippen LogP contribution in [0.25, 0.3) is 0 Å². The summed E-state index contributed by atoms with van der Waals surface area (Å²) in [5, 5.41) is 2.71. The lowest BCUT2D eigenvalue weighted by Gasteiger charge is -2.07. The highest BCUT2D eigenvalue weighted by Gasteiger charge is 2.17. The van der Waals surface area contributed by atoms with E-state index in [0.717, 1.165) is 11.1 Å². The van der Waals surface area contributed by atoms with Crippen LogP contribution in [0.15, 0.2) is 42.5 Å². The van der Waals surface area contributed by atoms with Crippen LogP contribution in [-0.2, 0) is 16.1 Å². The minimum atomic E-state index is -0.584. The van der Waals surface area contributed by atoms with E-state index < -0.39 is 5.97 Å². The van der Waals surface area contributed by atoms with Gasteiger partial charge in [0.2, 0.25) is 6.79 Å². The fraction of sp³-hybridized carbons (Fsp3) is 0.222. The zero-order chi connectivity index (χ0) is 16.9. The number of aryl methyl sites for hydroxylation is 1. The molecule has 0 atom stereocenters. The topological polar surface area (TPSA) is 73.9 Å². The van der Waals surface area contributed by atoms with Gasteiger partial charge < -0.3 is 19.5 Å². The molecule has 2 aromatic carbocycles. The van der Waals surface area contributed by atoms with Gasteiger partial charge in [-0.25, -0.2) is 4.79 Å². The summed E-state index contributed by atoms with van der Waals surface area (Å²) in [5.41, 5.74) is 2.45. The smallest absolute Gasteiger partial charge is 0.338 e. The molecule has 6 nitrogen and oxygen atoms in total. The largest absolute Gasteiger partial charge is 0.454 e. The summed E-state index contributed by atoms with van der Waals surface area (Å²) >= 11 is 0. The van der Waals surface area contributed by atoms with Crippen molar-refractivity contribution in [3.8, 4) is 11.5 Å². The number of nitrogens with one attached hydrogen (secondary N) is 1. The van der Waals surface area contributed by atoms with Gasteiger partial charge in [0.1, 0.15) is 0 Å². The molecule has 0 bridgehead atoms. The van der Waals surface area contributed by atoms with E-state index in [0.29, 0.717) is 23.6 Å². The summed E-state index contributed by atoms with van der Waals surface area (Å²) in [4.78, 5) is 23.7. The molecule has 0 aromatic heterocycles. The van der Waals surface area contributed by atoms with Crippen LogP contribution in [0.3, 0.4) is 0 Å². The molecule has 1 N–H and O–H groups in total. The van der Waals surface area contributed by atoms with Gasteiger partial charge >= 0.3 is 5.97 Å². The third-order valence-electron chi connectivity index (χ3n) is 3.55. The molecule has 0 fully saturated rings. The van der Waals surface area contributed by atoms with Crippen molar-refractivity contribution in [1.82, 2.24) is 5.32 Å². The molecule has 0 radical (unpaired) electrons. The number of carbonyl (C=O) groups is 2. The molecule has 0 unspecified atom stereocenters. The molecule has 1 amide bonds. The predicted molar refractivity (Wildman–Crippen MR) is 85.9 cm³/mol. The van der Waals surface area contributed by atoms with Crippen molar-refractivity contribution in [1.29, 1.82) is 0 Å². The van der Waals surface area contributed by atoms with Crippen LogP contribution in [0.1, 0.15) is 21.5 Å². The number of esters is 1. The summed E-state index contributed by atoms with van der Waals surface area (Å²) in [6.07, 6.45) is 0. The van der Waals surface area contributed by atoms with Gasteiger partial charge in [-0.15, -0.1) is 0 Å². The Bertz CT molecular complexity index is 755. The number of ether oxygens (including phenoxy) is 3. The Hall–Kier alpha value is -3.02. The SMILES string of the molecule is Cc1ccc(CNC(=O)COC(=O)c2ccc3c(c2)OCO3)cc1. The van der Waals surface area contributed by atoms with Crippen molar-refractivity contribution in [2.24, 2.45) is 0 Å². The Morgan fingerprint density at radius 1 is 1.08 bits per heavy atom. The van der Waals surface area contributed by atoms with E-state index in [1.165, 1.54) is 6.07 Å². The highest BCUT2D eigenvalue weighted by atomic mass is 16.7. The molecule has 1 heterocycles. The lowest BCUT2D eigenvalue weighted by Crippen LogP contribution is -2.28. The highest BCUT2D eigenvalue weighted by molar-refractivity contribution is 5.92. The minimum Gasteiger partial charge on any atom is -0.454 e. The number of carbonyl (C=O) groups excluding carboxylic acids is 2. The Balaban J connectivity index is 1.47. The third-order valence-corrected chi connectivity index (χ3v) is 3.55. The highest BCUT2D eigenvalue weighted by Crippen LogP contribution is 2.32. The molecule has 0 aliphatic carbocycles. The third kappa shape index (κ3) is 3.84. The normalized spacial score (nSPS) is 11.9. The van der Waals surface area contributed by atoms with Gasteiger partial charge in [0.25, 0.3) is 5.91 Å². The zero-order valence-electron chi connectivity index (χ0n) is 13.2. The molecular weight excluding hydrogens is 310 g/mol. The summed E-state index contributed by atoms with van der Waals surface area (Å²) < 4.78 is 15.4. The lowest BCUT2D eigenvalue weighted by atomic mass is 10.1. The van der Waals surface area contributed by atoms with Gasteiger partial charge in [0.05, 0.1) is 5.56 Å². The standard InChI is InChI=1S/C18H17NO5/c1-12-2-4-13(5-3-12)9-19-17(20)10-22-18(21)14-6-7-15-16(8-14)24-11-23-15/h2-8H,9-11H2,1H3,(H,19,20). The first kappa shape index (κ1) is 15.9. The van der Waals surface area contributed by atoms with Crippen molar-refractivity contribution >= 4 is 11.9 Å². The molecule has 0 saturated heterocycles. The number of fused-ring (bicyclic) bond motifs is 1. The molecule has 124 valence electrons. The van der Waals surface area contributed by atoms with Gasteiger partial charge in [-0.3, -0.25) is 4.79 Å². The van der Waals surface area contributed by atoms with E-state index in [2.05, 4.69) is 5.32 Å². The predicted octanol–water partition coefficient (Wildman–Crippen LogP) is 2.20. The van der Waals surface area contributed by atoms with Gasteiger partial charge in [0.15, 0.2) is 18.1 Å². The van der Waals surface area contributed by atoms with Gasteiger partial charge in [-0.1, -0.05) is 29.8 Å². The van der Waals surface area contributed by atoms with Gasteiger partial charge in [0, 0.05) is 6.54 Å². The van der Waals surface area contributed by atoms with Crippen LogP contribution < -0.4 is 14.8 Å². The van der Waals surface area contributed by atoms with E-state index in [1.54, 1.807) is 12.1 Å². The first-order chi connectivity index (χ1) is 11.6. The first-order valence-corrected chi connectivity index (χ1v) is 7.51. The van der Waals surface area contributed by atoms with E-state index >= 15 is 0 Å². The summed E-state index contributed by atoms with van der Waals surface area (Å²) in [6.45, 7) is 2.19. The molecule has 0 spiro atoms. The van der Waals surface area contributed by atoms with Crippen LogP contribution >= 0.6 is 0 Å². The summed E-state index contributed by atoms with van der Waals surface area (Å²) in [5.74, 6) is 0.138. The maximum Gasteiger partial charge on any atom is 0.338 e. The molecule has 0 saturated carbocycles. The fourth-order valence-corrected chi connectivity index (χ4v) is 2.20. The number of amides is 1. The number of rotatable bonds is 5. The molecule has 24 heavy (non-hydrogen) atoms. The molecule has 1 aliphatic heterocycles. The average molecular weight is 327 g/mol. The van der Waals surface area contributed by atoms with E-state index in [-0.39, 0.29) is 19.3 Å². The van der Waals surface area contributed by atoms with Crippen molar-refractivity contribution in [3.05, 3.63) is 59.2 Å². The number of hydrogen-bond acceptors (Lipinski definition) is 5. The number of benzene rings is 2. The van der Waals surface area contributed by atoms with Crippen LogP contribution in [0.4, 0.5) is 0 Å². The Kier molecular flexibility index (Phi) is 4.65. The average Bonchev–Trinajstić information content (AvgIpc) is 3.06. The first-order valence-electron chi connectivity index (χ1n) is 7.51. The van der Waals surface area contributed by atoms with E-state index in [9.17, 15) is 9.59 Å². The zero-order valence-corrected chi connectivity index (χ0v) is 13.2. The van der Waals surface area contributed by atoms with Crippen LogP contribution in [0, 0.1) is 6.92 Å². The van der Waals surface area contributed by atoms with Crippen LogP contribution in [-0.4, -0.2) is 25.3 Å². The van der Waals surface area contributed by atoms with Crippen molar-refractivity contribution < 1.29 is 23.8 Å². The quantitative estimate of drug-likeness (QED) is 0.852. The molecular formula is C18H17NO5. The second-order valence-electron chi connectivity index (χ2n) is 5.41. The number of hydrogen-bond donors (Lipinski definition) is 1. The maximum atomic E-state index is 12.0. The lowest BCUT2D eigenvalue weighted by molar-refractivity contribution is -0.124. The monoisotopic (exact) mass is 327 g/mol. The Morgan fingerprint density at radius 2 is 1.83 bits per heavy atom. The van der Waals surface area contributed by atoms with Crippen molar-refractivity contribution in [3.63, 3.8) is 0 Å². The van der Waals surface area contributed by atoms with Crippen molar-refractivity contribution in [2.45, 2.75) is 13.5 Å². The second kappa shape index (κ2) is 7.04. The molecule has 6 heteroatoms. The fourth-order valence-electron chi connectivity index (χ4n) is 2.20. The maximum absolute atomic E-state index is 12.0. The summed E-state index contributed by atoms with van der Waals surface area (Å²) in [6, 6.07) is 12.6. The van der Waals surface area contributed by atoms with Gasteiger partial charge in [-0.05, 0) is 30.7 Å². The molecule has 2 aromatic rings. The minimum absolute atomic E-state index is 0.134. The van der Waals surface area contributed by atoms with E-state index in [4.69, 9.17) is 14.2 Å². The Labute approximate surface area is 139 Å².